The molecule has 1 N–H and O–H groups in total. The van der Waals surface area contributed by atoms with Gasteiger partial charge in [-0.25, -0.2) is 0 Å². The molecule has 0 spiro atoms. The average Bonchev–Trinajstić information content (AvgIpc) is 2.37. The number of hydrogen-bond acceptors (Lipinski definition) is 3. The van der Waals surface area contributed by atoms with Gasteiger partial charge in [0.25, 0.3) is 0 Å². The van der Waals surface area contributed by atoms with Crippen LogP contribution in [0.25, 0.3) is 0 Å². The first-order chi connectivity index (χ1) is 8.67. The number of hydrogen-bond donors (Lipinski definition) is 1. The fourth-order valence-electron chi connectivity index (χ4n) is 1.66. The maximum absolute atomic E-state index is 5.01. The van der Waals surface area contributed by atoms with Crippen molar-refractivity contribution in [1.29, 1.82) is 0 Å². The van der Waals surface area contributed by atoms with E-state index in [0.717, 1.165) is 19.7 Å². The van der Waals surface area contributed by atoms with Crippen molar-refractivity contribution in [2.24, 2.45) is 0 Å². The largest absolute Gasteiger partial charge is 0.383 e. The monoisotopic (exact) mass is 267 g/mol. The molecule has 3 heteroatoms. The Hall–Kier alpha value is -0.510. The zero-order chi connectivity index (χ0) is 13.4. The molecule has 0 heterocycles. The van der Waals surface area contributed by atoms with Crippen molar-refractivity contribution < 1.29 is 4.74 Å². The molecule has 1 rings (SSSR count). The summed E-state index contributed by atoms with van der Waals surface area (Å²) in [7, 11) is 1.73. The van der Waals surface area contributed by atoms with Crippen LogP contribution in [0.5, 0.6) is 0 Å². The third kappa shape index (κ3) is 5.42. The van der Waals surface area contributed by atoms with Crippen molar-refractivity contribution >= 4 is 11.8 Å². The van der Waals surface area contributed by atoms with Gasteiger partial charge in [0.05, 0.1) is 6.61 Å². The Bertz CT molecular complexity index is 354. The molecule has 1 aromatic rings. The highest BCUT2D eigenvalue weighted by Crippen LogP contribution is 2.28. The van der Waals surface area contributed by atoms with Gasteiger partial charge in [0, 0.05) is 30.3 Å². The molecule has 0 bridgehead atoms. The standard InChI is InChI=1S/C15H25NOS/c1-5-13(3)18-15-7-6-14(10-12(15)2)11-16-8-9-17-4/h6-7,10,13,16H,5,8-9,11H2,1-4H3. The van der Waals surface area contributed by atoms with Crippen LogP contribution in [0.15, 0.2) is 23.1 Å². The summed E-state index contributed by atoms with van der Waals surface area (Å²) < 4.78 is 5.01. The normalized spacial score (nSPS) is 12.7. The van der Waals surface area contributed by atoms with Crippen molar-refractivity contribution in [2.75, 3.05) is 20.3 Å². The number of ether oxygens (including phenoxy) is 1. The summed E-state index contributed by atoms with van der Waals surface area (Å²) in [6.45, 7) is 9.30. The molecule has 0 aromatic heterocycles. The van der Waals surface area contributed by atoms with E-state index in [9.17, 15) is 0 Å². The van der Waals surface area contributed by atoms with Crippen molar-refractivity contribution in [3.63, 3.8) is 0 Å². The van der Waals surface area contributed by atoms with Crippen molar-refractivity contribution in [2.45, 2.75) is 43.9 Å². The Morgan fingerprint density at radius 1 is 1.39 bits per heavy atom. The Labute approximate surface area is 116 Å². The van der Waals surface area contributed by atoms with Gasteiger partial charge in [-0.05, 0) is 30.5 Å². The van der Waals surface area contributed by atoms with Crippen LogP contribution >= 0.6 is 11.8 Å². The van der Waals surface area contributed by atoms with E-state index < -0.39 is 0 Å². The lowest BCUT2D eigenvalue weighted by atomic mass is 10.1. The summed E-state index contributed by atoms with van der Waals surface area (Å²) in [5, 5.41) is 4.06. The van der Waals surface area contributed by atoms with Crippen molar-refractivity contribution in [3.8, 4) is 0 Å². The summed E-state index contributed by atoms with van der Waals surface area (Å²) in [4.78, 5) is 1.41. The lowest BCUT2D eigenvalue weighted by Gasteiger charge is -2.12. The second-order valence-electron chi connectivity index (χ2n) is 4.61. The highest BCUT2D eigenvalue weighted by atomic mass is 32.2. The van der Waals surface area contributed by atoms with Gasteiger partial charge in [-0.2, -0.15) is 0 Å². The lowest BCUT2D eigenvalue weighted by Crippen LogP contribution is -2.18. The highest BCUT2D eigenvalue weighted by Gasteiger charge is 2.05. The van der Waals surface area contributed by atoms with Gasteiger partial charge in [-0.1, -0.05) is 26.0 Å². The van der Waals surface area contributed by atoms with Crippen LogP contribution in [0.2, 0.25) is 0 Å². The SMILES string of the molecule is CCC(C)Sc1ccc(CNCCOC)cc1C. The quantitative estimate of drug-likeness (QED) is 0.574. The zero-order valence-corrected chi connectivity index (χ0v) is 12.8. The predicted octanol–water partition coefficient (Wildman–Crippen LogP) is 3.62. The van der Waals surface area contributed by atoms with Crippen molar-refractivity contribution in [1.82, 2.24) is 5.32 Å². The van der Waals surface area contributed by atoms with Crippen LogP contribution in [0.1, 0.15) is 31.4 Å². The van der Waals surface area contributed by atoms with Gasteiger partial charge in [0.2, 0.25) is 0 Å². The Kier molecular flexibility index (Phi) is 7.40. The van der Waals surface area contributed by atoms with E-state index in [4.69, 9.17) is 4.74 Å². The van der Waals surface area contributed by atoms with E-state index >= 15 is 0 Å². The van der Waals surface area contributed by atoms with E-state index in [1.54, 1.807) is 7.11 Å². The molecule has 0 radical (unpaired) electrons. The number of aryl methyl sites for hydroxylation is 1. The molecule has 1 unspecified atom stereocenters. The third-order valence-corrected chi connectivity index (χ3v) is 4.40. The first-order valence-corrected chi connectivity index (χ1v) is 7.51. The molecule has 1 atom stereocenters. The van der Waals surface area contributed by atoms with E-state index in [-0.39, 0.29) is 0 Å². The molecule has 1 aromatic carbocycles. The number of nitrogens with one attached hydrogen (secondary N) is 1. The Morgan fingerprint density at radius 2 is 2.17 bits per heavy atom. The molecule has 2 nitrogen and oxygen atoms in total. The molecule has 0 saturated carbocycles. The second-order valence-corrected chi connectivity index (χ2v) is 6.09. The molecular formula is C15H25NOS. The number of thioether (sulfide) groups is 1. The fraction of sp³-hybridized carbons (Fsp3) is 0.600. The maximum atomic E-state index is 5.01. The van der Waals surface area contributed by atoms with Crippen LogP contribution in [0.4, 0.5) is 0 Å². The predicted molar refractivity (Wildman–Crippen MR) is 80.4 cm³/mol. The third-order valence-electron chi connectivity index (χ3n) is 2.95. The molecule has 0 amide bonds. The molecule has 102 valence electrons. The number of benzene rings is 1. The molecule has 0 aliphatic heterocycles. The summed E-state index contributed by atoms with van der Waals surface area (Å²) in [6, 6.07) is 6.75. The first kappa shape index (κ1) is 15.5. The summed E-state index contributed by atoms with van der Waals surface area (Å²) >= 11 is 1.97. The van der Waals surface area contributed by atoms with E-state index in [2.05, 4.69) is 44.3 Å². The Morgan fingerprint density at radius 3 is 2.78 bits per heavy atom. The topological polar surface area (TPSA) is 21.3 Å². The summed E-state index contributed by atoms with van der Waals surface area (Å²) in [5.41, 5.74) is 2.73. The molecule has 0 aliphatic rings. The molecule has 0 fully saturated rings. The highest BCUT2D eigenvalue weighted by molar-refractivity contribution is 8.00. The maximum Gasteiger partial charge on any atom is 0.0587 e. The smallest absolute Gasteiger partial charge is 0.0587 e. The summed E-state index contributed by atoms with van der Waals surface area (Å²) in [5.74, 6) is 0. The minimum atomic E-state index is 0.689. The van der Waals surface area contributed by atoms with E-state index in [0.29, 0.717) is 5.25 Å². The molecule has 18 heavy (non-hydrogen) atoms. The minimum Gasteiger partial charge on any atom is -0.383 e. The molecule has 0 aliphatic carbocycles. The second kappa shape index (κ2) is 8.57. The number of methoxy groups -OCH3 is 1. The average molecular weight is 267 g/mol. The van der Waals surface area contributed by atoms with Crippen LogP contribution in [0.3, 0.4) is 0 Å². The van der Waals surface area contributed by atoms with Crippen molar-refractivity contribution in [3.05, 3.63) is 29.3 Å². The van der Waals surface area contributed by atoms with Gasteiger partial charge in [0.15, 0.2) is 0 Å². The van der Waals surface area contributed by atoms with Crippen LogP contribution < -0.4 is 5.32 Å². The minimum absolute atomic E-state index is 0.689. The van der Waals surface area contributed by atoms with Crippen LogP contribution in [-0.4, -0.2) is 25.5 Å². The van der Waals surface area contributed by atoms with E-state index in [1.807, 2.05) is 11.8 Å². The van der Waals surface area contributed by atoms with E-state index in [1.165, 1.54) is 22.4 Å². The van der Waals surface area contributed by atoms with Gasteiger partial charge < -0.3 is 10.1 Å². The van der Waals surface area contributed by atoms with Gasteiger partial charge >= 0.3 is 0 Å². The van der Waals surface area contributed by atoms with Crippen LogP contribution in [-0.2, 0) is 11.3 Å². The lowest BCUT2D eigenvalue weighted by molar-refractivity contribution is 0.199. The fourth-order valence-corrected chi connectivity index (χ4v) is 2.65. The number of rotatable bonds is 8. The zero-order valence-electron chi connectivity index (χ0n) is 12.0. The van der Waals surface area contributed by atoms with Crippen LogP contribution in [0, 0.1) is 6.92 Å². The Balaban J connectivity index is 2.51. The molecular weight excluding hydrogens is 242 g/mol. The van der Waals surface area contributed by atoms with Gasteiger partial charge in [0.1, 0.15) is 0 Å². The summed E-state index contributed by atoms with van der Waals surface area (Å²) in [6.07, 6.45) is 1.21. The van der Waals surface area contributed by atoms with Gasteiger partial charge in [-0.15, -0.1) is 11.8 Å². The van der Waals surface area contributed by atoms with Gasteiger partial charge in [-0.3, -0.25) is 0 Å². The first-order valence-electron chi connectivity index (χ1n) is 6.63. The molecule has 0 saturated heterocycles.